The van der Waals surface area contributed by atoms with Gasteiger partial charge in [-0.25, -0.2) is 9.69 Å². The maximum absolute atomic E-state index is 13.1. The highest BCUT2D eigenvalue weighted by atomic mass is 79.9. The van der Waals surface area contributed by atoms with Gasteiger partial charge in [-0.3, -0.25) is 19.7 Å². The van der Waals surface area contributed by atoms with E-state index < -0.39 is 17.8 Å². The summed E-state index contributed by atoms with van der Waals surface area (Å²) in [4.78, 5) is 51.5. The SMILES string of the molecule is CCOc1cc(/C=C2\C(=O)NC(=O)N(c3ccc(Br)cc3)C2=O)ccc1OCC(=O)Nc1cccc(C)c1C. The zero-order valence-corrected chi connectivity index (χ0v) is 23.1. The number of hydrogen-bond donors (Lipinski definition) is 2. The van der Waals surface area contributed by atoms with Crippen LogP contribution in [0.15, 0.2) is 70.7 Å². The molecular weight excluding hydrogens is 566 g/mol. The summed E-state index contributed by atoms with van der Waals surface area (Å²) in [6, 6.07) is 16.2. The Kier molecular flexibility index (Phi) is 8.46. The molecule has 5 amide bonds. The zero-order valence-electron chi connectivity index (χ0n) is 21.5. The van der Waals surface area contributed by atoms with E-state index in [0.717, 1.165) is 20.5 Å². The summed E-state index contributed by atoms with van der Waals surface area (Å²) < 4.78 is 12.2. The first-order chi connectivity index (χ1) is 18.7. The maximum Gasteiger partial charge on any atom is 0.335 e. The number of ether oxygens (including phenoxy) is 2. The number of benzene rings is 3. The van der Waals surface area contributed by atoms with Crippen molar-refractivity contribution in [2.24, 2.45) is 0 Å². The van der Waals surface area contributed by atoms with Gasteiger partial charge < -0.3 is 14.8 Å². The molecule has 0 spiro atoms. The number of carbonyl (C=O) groups excluding carboxylic acids is 4. The molecule has 1 heterocycles. The number of halogens is 1. The van der Waals surface area contributed by atoms with E-state index in [9.17, 15) is 19.2 Å². The minimum atomic E-state index is -0.831. The minimum absolute atomic E-state index is 0.221. The molecule has 1 saturated heterocycles. The number of rotatable bonds is 8. The molecule has 0 radical (unpaired) electrons. The highest BCUT2D eigenvalue weighted by Crippen LogP contribution is 2.31. The highest BCUT2D eigenvalue weighted by molar-refractivity contribution is 9.10. The number of anilines is 2. The van der Waals surface area contributed by atoms with Crippen LogP contribution < -0.4 is 25.0 Å². The number of imide groups is 2. The van der Waals surface area contributed by atoms with Gasteiger partial charge in [0, 0.05) is 10.2 Å². The molecule has 1 fully saturated rings. The Balaban J connectivity index is 1.53. The quantitative estimate of drug-likeness (QED) is 0.277. The standard InChI is InChI=1S/C29H26BrN3O6/c1-4-38-25-15-19(8-13-24(25)39-16-26(34)31-23-7-5-6-17(2)18(23)3)14-22-27(35)32-29(37)33(28(22)36)21-11-9-20(30)10-12-21/h5-15H,4,16H2,1-3H3,(H,31,34)(H,32,35,37)/b22-14+. The molecule has 0 unspecified atom stereocenters. The lowest BCUT2D eigenvalue weighted by Crippen LogP contribution is -2.54. The third-order valence-electron chi connectivity index (χ3n) is 6.00. The highest BCUT2D eigenvalue weighted by Gasteiger charge is 2.36. The number of aryl methyl sites for hydroxylation is 1. The van der Waals surface area contributed by atoms with Gasteiger partial charge in [-0.15, -0.1) is 0 Å². The van der Waals surface area contributed by atoms with Crippen LogP contribution in [0.2, 0.25) is 0 Å². The fourth-order valence-electron chi connectivity index (χ4n) is 3.87. The van der Waals surface area contributed by atoms with Crippen LogP contribution in [-0.4, -0.2) is 37.0 Å². The fraction of sp³-hybridized carbons (Fsp3) is 0.172. The van der Waals surface area contributed by atoms with E-state index in [1.54, 1.807) is 49.4 Å². The molecule has 200 valence electrons. The van der Waals surface area contributed by atoms with Gasteiger partial charge in [0.05, 0.1) is 12.3 Å². The Bertz CT molecular complexity index is 1480. The third kappa shape index (κ3) is 6.35. The summed E-state index contributed by atoms with van der Waals surface area (Å²) in [6.07, 6.45) is 1.37. The van der Waals surface area contributed by atoms with Gasteiger partial charge in [0.2, 0.25) is 0 Å². The van der Waals surface area contributed by atoms with Gasteiger partial charge in [0.1, 0.15) is 5.57 Å². The van der Waals surface area contributed by atoms with Crippen molar-refractivity contribution in [1.82, 2.24) is 5.32 Å². The lowest BCUT2D eigenvalue weighted by Gasteiger charge is -2.26. The number of amides is 5. The van der Waals surface area contributed by atoms with E-state index in [0.29, 0.717) is 35.0 Å². The second-order valence-corrected chi connectivity index (χ2v) is 9.57. The second-order valence-electron chi connectivity index (χ2n) is 8.66. The van der Waals surface area contributed by atoms with E-state index in [2.05, 4.69) is 26.6 Å². The molecule has 3 aromatic rings. The number of urea groups is 1. The van der Waals surface area contributed by atoms with Gasteiger partial charge in [0.25, 0.3) is 17.7 Å². The van der Waals surface area contributed by atoms with Gasteiger partial charge >= 0.3 is 6.03 Å². The molecule has 0 bridgehead atoms. The van der Waals surface area contributed by atoms with Crippen molar-refractivity contribution in [1.29, 1.82) is 0 Å². The van der Waals surface area contributed by atoms with Crippen LogP contribution in [0.25, 0.3) is 6.08 Å². The minimum Gasteiger partial charge on any atom is -0.490 e. The van der Waals surface area contributed by atoms with Crippen LogP contribution in [0.3, 0.4) is 0 Å². The van der Waals surface area contributed by atoms with E-state index >= 15 is 0 Å². The van der Waals surface area contributed by atoms with E-state index in [1.807, 2.05) is 32.0 Å². The Morgan fingerprint density at radius 1 is 1.00 bits per heavy atom. The van der Waals surface area contributed by atoms with Crippen LogP contribution in [0.1, 0.15) is 23.6 Å². The summed E-state index contributed by atoms with van der Waals surface area (Å²) in [5, 5.41) is 5.04. The molecule has 2 N–H and O–H groups in total. The van der Waals surface area contributed by atoms with Crippen molar-refractivity contribution in [3.05, 3.63) is 87.4 Å². The average molecular weight is 592 g/mol. The molecule has 3 aromatic carbocycles. The number of nitrogens with one attached hydrogen (secondary N) is 2. The molecule has 10 heteroatoms. The predicted molar refractivity (Wildman–Crippen MR) is 151 cm³/mol. The lowest BCUT2D eigenvalue weighted by atomic mass is 10.1. The Morgan fingerprint density at radius 2 is 1.74 bits per heavy atom. The van der Waals surface area contributed by atoms with Crippen molar-refractivity contribution >= 4 is 57.1 Å². The number of nitrogens with zero attached hydrogens (tertiary/aromatic N) is 1. The predicted octanol–water partition coefficient (Wildman–Crippen LogP) is 5.15. The van der Waals surface area contributed by atoms with E-state index in [-0.39, 0.29) is 18.1 Å². The smallest absolute Gasteiger partial charge is 0.335 e. The fourth-order valence-corrected chi connectivity index (χ4v) is 4.13. The molecule has 0 aliphatic carbocycles. The van der Waals surface area contributed by atoms with Crippen molar-refractivity contribution < 1.29 is 28.7 Å². The van der Waals surface area contributed by atoms with Crippen LogP contribution in [-0.2, 0) is 14.4 Å². The number of carbonyl (C=O) groups is 4. The molecule has 1 aliphatic heterocycles. The second kappa shape index (κ2) is 12.0. The maximum atomic E-state index is 13.1. The molecule has 0 aromatic heterocycles. The van der Waals surface area contributed by atoms with Gasteiger partial charge in [-0.1, -0.05) is 34.1 Å². The van der Waals surface area contributed by atoms with Gasteiger partial charge in [0.15, 0.2) is 18.1 Å². The first-order valence-electron chi connectivity index (χ1n) is 12.1. The van der Waals surface area contributed by atoms with Crippen molar-refractivity contribution in [2.45, 2.75) is 20.8 Å². The molecule has 4 rings (SSSR count). The normalized spacial score (nSPS) is 14.3. The van der Waals surface area contributed by atoms with Crippen LogP contribution >= 0.6 is 15.9 Å². The Hall–Kier alpha value is -4.44. The van der Waals surface area contributed by atoms with E-state index in [1.165, 1.54) is 6.08 Å². The molecular formula is C29H26BrN3O6. The Morgan fingerprint density at radius 3 is 2.46 bits per heavy atom. The molecule has 9 nitrogen and oxygen atoms in total. The topological polar surface area (TPSA) is 114 Å². The van der Waals surface area contributed by atoms with Gasteiger partial charge in [-0.2, -0.15) is 0 Å². The average Bonchev–Trinajstić information content (AvgIpc) is 2.90. The number of barbiturate groups is 1. The first kappa shape index (κ1) is 27.6. The van der Waals surface area contributed by atoms with Crippen LogP contribution in [0, 0.1) is 13.8 Å². The molecule has 0 atom stereocenters. The first-order valence-corrected chi connectivity index (χ1v) is 12.9. The molecule has 39 heavy (non-hydrogen) atoms. The summed E-state index contributed by atoms with van der Waals surface area (Å²) in [5.74, 6) is -1.25. The monoisotopic (exact) mass is 591 g/mol. The summed E-state index contributed by atoms with van der Waals surface area (Å²) in [7, 11) is 0. The largest absolute Gasteiger partial charge is 0.490 e. The molecule has 1 aliphatic rings. The number of hydrogen-bond acceptors (Lipinski definition) is 6. The summed E-state index contributed by atoms with van der Waals surface area (Å²) >= 11 is 3.32. The van der Waals surface area contributed by atoms with Crippen LogP contribution in [0.5, 0.6) is 11.5 Å². The van der Waals surface area contributed by atoms with Crippen LogP contribution in [0.4, 0.5) is 16.2 Å². The zero-order chi connectivity index (χ0) is 28.1. The lowest BCUT2D eigenvalue weighted by molar-refractivity contribution is -0.122. The van der Waals surface area contributed by atoms with E-state index in [4.69, 9.17) is 9.47 Å². The van der Waals surface area contributed by atoms with Crippen molar-refractivity contribution in [2.75, 3.05) is 23.4 Å². The van der Waals surface area contributed by atoms with Gasteiger partial charge in [-0.05, 0) is 86.0 Å². The summed E-state index contributed by atoms with van der Waals surface area (Å²) in [6.45, 7) is 5.75. The molecule has 0 saturated carbocycles. The van der Waals surface area contributed by atoms with Crippen molar-refractivity contribution in [3.63, 3.8) is 0 Å². The third-order valence-corrected chi connectivity index (χ3v) is 6.53. The Labute approximate surface area is 233 Å². The summed E-state index contributed by atoms with van der Waals surface area (Å²) in [5.41, 5.74) is 3.31. The van der Waals surface area contributed by atoms with Crippen molar-refractivity contribution in [3.8, 4) is 11.5 Å².